The molecule has 0 aliphatic heterocycles. The van der Waals surface area contributed by atoms with Gasteiger partial charge in [-0.05, 0) is 36.6 Å². The fraction of sp³-hybridized carbons (Fsp3) is 0.385. The van der Waals surface area contributed by atoms with E-state index in [1.54, 1.807) is 6.07 Å². The van der Waals surface area contributed by atoms with Gasteiger partial charge in [-0.25, -0.2) is 0 Å². The van der Waals surface area contributed by atoms with E-state index < -0.39 is 12.0 Å². The fourth-order valence-corrected chi connectivity index (χ4v) is 2.02. The second kappa shape index (κ2) is 7.25. The van der Waals surface area contributed by atoms with Crippen LogP contribution in [0.15, 0.2) is 22.7 Å². The largest absolute Gasteiger partial charge is 0.481 e. The minimum atomic E-state index is -0.957. The molecular weight excluding hydrogens is 312 g/mol. The van der Waals surface area contributed by atoms with E-state index in [4.69, 9.17) is 10.8 Å². The van der Waals surface area contributed by atoms with Crippen LogP contribution < -0.4 is 11.1 Å². The first-order valence-corrected chi connectivity index (χ1v) is 6.80. The molecule has 1 amide bonds. The Morgan fingerprint density at radius 1 is 1.47 bits per heavy atom. The molecule has 0 fully saturated rings. The number of nitrogens with two attached hydrogens (primary N) is 1. The van der Waals surface area contributed by atoms with Crippen molar-refractivity contribution in [1.29, 1.82) is 0 Å². The molecule has 0 heterocycles. The molecule has 4 N–H and O–H groups in total. The van der Waals surface area contributed by atoms with Gasteiger partial charge >= 0.3 is 5.97 Å². The van der Waals surface area contributed by atoms with E-state index in [1.165, 1.54) is 0 Å². The van der Waals surface area contributed by atoms with Crippen LogP contribution in [0.4, 0.5) is 5.69 Å². The quantitative estimate of drug-likeness (QED) is 0.745. The molecule has 0 radical (unpaired) electrons. The average Bonchev–Trinajstić information content (AvgIpc) is 2.37. The number of carbonyl (C=O) groups excluding carboxylic acids is 1. The van der Waals surface area contributed by atoms with Crippen molar-refractivity contribution >= 4 is 33.5 Å². The zero-order valence-electron chi connectivity index (χ0n) is 10.6. The maximum absolute atomic E-state index is 11.8. The Morgan fingerprint density at radius 2 is 2.16 bits per heavy atom. The third kappa shape index (κ3) is 5.00. The van der Waals surface area contributed by atoms with Gasteiger partial charge in [-0.2, -0.15) is 0 Å². The highest BCUT2D eigenvalue weighted by molar-refractivity contribution is 9.10. The van der Waals surface area contributed by atoms with Crippen molar-refractivity contribution in [3.05, 3.63) is 28.2 Å². The number of nitrogens with one attached hydrogen (secondary N) is 1. The van der Waals surface area contributed by atoms with E-state index in [9.17, 15) is 9.59 Å². The molecule has 19 heavy (non-hydrogen) atoms. The van der Waals surface area contributed by atoms with Gasteiger partial charge in [0.1, 0.15) is 0 Å². The van der Waals surface area contributed by atoms with Crippen molar-refractivity contribution in [2.75, 3.05) is 5.32 Å². The number of halogens is 1. The fourth-order valence-electron chi connectivity index (χ4n) is 1.61. The number of carboxylic acid groups (broad SMARTS) is 1. The molecule has 1 aromatic carbocycles. The molecule has 1 aromatic rings. The topological polar surface area (TPSA) is 92.4 Å². The Labute approximate surface area is 120 Å². The molecule has 6 heteroatoms. The Hall–Kier alpha value is -1.40. The number of anilines is 1. The van der Waals surface area contributed by atoms with Crippen LogP contribution >= 0.6 is 15.9 Å². The Bertz CT molecular complexity index is 477. The summed E-state index contributed by atoms with van der Waals surface area (Å²) >= 11 is 3.37. The lowest BCUT2D eigenvalue weighted by Crippen LogP contribution is -2.36. The number of amides is 1. The van der Waals surface area contributed by atoms with Crippen molar-refractivity contribution in [1.82, 2.24) is 0 Å². The van der Waals surface area contributed by atoms with Crippen LogP contribution in [0.3, 0.4) is 0 Å². The minimum Gasteiger partial charge on any atom is -0.481 e. The predicted octanol–water partition coefficient (Wildman–Crippen LogP) is 2.14. The molecule has 0 aliphatic rings. The third-order valence-corrected chi connectivity index (χ3v) is 3.21. The van der Waals surface area contributed by atoms with Gasteiger partial charge in [0.2, 0.25) is 5.91 Å². The SMILES string of the molecule is CCc1cc(Br)ccc1NC(=O)C(N)CCC(=O)O. The molecule has 0 saturated heterocycles. The summed E-state index contributed by atoms with van der Waals surface area (Å²) in [5, 5.41) is 11.3. The molecule has 0 aromatic heterocycles. The summed E-state index contributed by atoms with van der Waals surface area (Å²) in [5.41, 5.74) is 7.35. The van der Waals surface area contributed by atoms with E-state index in [0.717, 1.165) is 16.5 Å². The van der Waals surface area contributed by atoms with E-state index in [0.29, 0.717) is 5.69 Å². The van der Waals surface area contributed by atoms with Gasteiger partial charge in [0, 0.05) is 16.6 Å². The number of rotatable bonds is 6. The first-order chi connectivity index (χ1) is 8.93. The molecule has 104 valence electrons. The maximum atomic E-state index is 11.8. The summed E-state index contributed by atoms with van der Waals surface area (Å²) < 4.78 is 0.942. The highest BCUT2D eigenvalue weighted by atomic mass is 79.9. The molecular formula is C13H17BrN2O3. The minimum absolute atomic E-state index is 0.116. The number of carbonyl (C=O) groups is 2. The highest BCUT2D eigenvalue weighted by Crippen LogP contribution is 2.21. The Kier molecular flexibility index (Phi) is 5.98. The molecule has 0 saturated carbocycles. The Balaban J connectivity index is 2.68. The normalized spacial score (nSPS) is 11.9. The number of benzene rings is 1. The number of hydrogen-bond acceptors (Lipinski definition) is 3. The zero-order valence-corrected chi connectivity index (χ0v) is 12.2. The predicted molar refractivity (Wildman–Crippen MR) is 77.0 cm³/mol. The van der Waals surface area contributed by atoms with Gasteiger partial charge < -0.3 is 16.2 Å². The van der Waals surface area contributed by atoms with E-state index in [1.807, 2.05) is 19.1 Å². The second-order valence-electron chi connectivity index (χ2n) is 4.18. The van der Waals surface area contributed by atoms with Crippen LogP contribution in [0.25, 0.3) is 0 Å². The summed E-state index contributed by atoms with van der Waals surface area (Å²) in [6.45, 7) is 1.99. The molecule has 1 unspecified atom stereocenters. The van der Waals surface area contributed by atoms with Crippen molar-refractivity contribution in [2.24, 2.45) is 5.73 Å². The Morgan fingerprint density at radius 3 is 2.74 bits per heavy atom. The second-order valence-corrected chi connectivity index (χ2v) is 5.10. The first kappa shape index (κ1) is 15.7. The lowest BCUT2D eigenvalue weighted by Gasteiger charge is -2.14. The summed E-state index contributed by atoms with van der Waals surface area (Å²) in [6.07, 6.45) is 0.786. The summed E-state index contributed by atoms with van der Waals surface area (Å²) in [4.78, 5) is 22.3. The maximum Gasteiger partial charge on any atom is 0.303 e. The number of carboxylic acids is 1. The summed E-state index contributed by atoms with van der Waals surface area (Å²) in [6, 6.07) is 4.74. The average molecular weight is 329 g/mol. The van der Waals surface area contributed by atoms with E-state index in [-0.39, 0.29) is 18.7 Å². The van der Waals surface area contributed by atoms with Crippen LogP contribution in [-0.4, -0.2) is 23.0 Å². The van der Waals surface area contributed by atoms with Crippen molar-refractivity contribution in [3.63, 3.8) is 0 Å². The lowest BCUT2D eigenvalue weighted by atomic mass is 10.1. The lowest BCUT2D eigenvalue weighted by molar-refractivity contribution is -0.137. The molecule has 1 rings (SSSR count). The van der Waals surface area contributed by atoms with Crippen LogP contribution in [0, 0.1) is 0 Å². The van der Waals surface area contributed by atoms with Crippen LogP contribution in [0.1, 0.15) is 25.3 Å². The van der Waals surface area contributed by atoms with Crippen molar-refractivity contribution < 1.29 is 14.7 Å². The van der Waals surface area contributed by atoms with Crippen LogP contribution in [0.2, 0.25) is 0 Å². The van der Waals surface area contributed by atoms with Gasteiger partial charge in [-0.15, -0.1) is 0 Å². The van der Waals surface area contributed by atoms with Gasteiger partial charge in [-0.3, -0.25) is 9.59 Å². The first-order valence-electron chi connectivity index (χ1n) is 6.00. The molecule has 0 spiro atoms. The molecule has 0 bridgehead atoms. The van der Waals surface area contributed by atoms with Gasteiger partial charge in [-0.1, -0.05) is 22.9 Å². The van der Waals surface area contributed by atoms with Crippen molar-refractivity contribution in [2.45, 2.75) is 32.2 Å². The van der Waals surface area contributed by atoms with Crippen LogP contribution in [-0.2, 0) is 16.0 Å². The van der Waals surface area contributed by atoms with E-state index >= 15 is 0 Å². The summed E-state index contributed by atoms with van der Waals surface area (Å²) in [5.74, 6) is -1.32. The zero-order chi connectivity index (χ0) is 14.4. The van der Waals surface area contributed by atoms with E-state index in [2.05, 4.69) is 21.2 Å². The van der Waals surface area contributed by atoms with Crippen LogP contribution in [0.5, 0.6) is 0 Å². The molecule has 0 aliphatic carbocycles. The third-order valence-electron chi connectivity index (χ3n) is 2.71. The van der Waals surface area contributed by atoms with Gasteiger partial charge in [0.25, 0.3) is 0 Å². The number of hydrogen-bond donors (Lipinski definition) is 3. The van der Waals surface area contributed by atoms with Gasteiger partial charge in [0.05, 0.1) is 6.04 Å². The smallest absolute Gasteiger partial charge is 0.303 e. The molecule has 1 atom stereocenters. The van der Waals surface area contributed by atoms with Crippen molar-refractivity contribution in [3.8, 4) is 0 Å². The molecule has 5 nitrogen and oxygen atoms in total. The monoisotopic (exact) mass is 328 g/mol. The number of aryl methyl sites for hydroxylation is 1. The standard InChI is InChI=1S/C13H17BrN2O3/c1-2-8-7-9(14)3-5-11(8)16-13(19)10(15)4-6-12(17)18/h3,5,7,10H,2,4,6,15H2,1H3,(H,16,19)(H,17,18). The number of aliphatic carboxylic acids is 1. The highest BCUT2D eigenvalue weighted by Gasteiger charge is 2.16. The van der Waals surface area contributed by atoms with Gasteiger partial charge in [0.15, 0.2) is 0 Å². The summed E-state index contributed by atoms with van der Waals surface area (Å²) in [7, 11) is 0.